The molecule has 0 radical (unpaired) electrons. The fourth-order valence-corrected chi connectivity index (χ4v) is 3.49. The van der Waals surface area contributed by atoms with Crippen molar-refractivity contribution in [2.45, 2.75) is 32.7 Å². The maximum Gasteiger partial charge on any atom is 0.287 e. The molecule has 1 aliphatic heterocycles. The van der Waals surface area contributed by atoms with E-state index in [1.807, 2.05) is 26.0 Å². The van der Waals surface area contributed by atoms with E-state index in [9.17, 15) is 9.59 Å². The minimum absolute atomic E-state index is 0.0190. The van der Waals surface area contributed by atoms with Gasteiger partial charge in [0.2, 0.25) is 5.91 Å². The second kappa shape index (κ2) is 7.09. The Morgan fingerprint density at radius 3 is 2.76 bits per heavy atom. The van der Waals surface area contributed by atoms with Crippen LogP contribution in [0.15, 0.2) is 35.0 Å². The van der Waals surface area contributed by atoms with Gasteiger partial charge in [-0.2, -0.15) is 0 Å². The third-order valence-corrected chi connectivity index (χ3v) is 4.83. The standard InChI is InChI=1S/C19H23N3O3/c1-4-15-12(2)9-16(25-15)19(24)21-11-14-10-17(23)22(3)18(14)13-5-7-20-8-6-13/h5-9,14,18H,4,10-11H2,1-3H3,(H,21,24)/t14-,18-/m0/s1. The monoisotopic (exact) mass is 341 g/mol. The molecule has 2 atom stereocenters. The van der Waals surface area contributed by atoms with E-state index in [-0.39, 0.29) is 23.8 Å². The fourth-order valence-electron chi connectivity index (χ4n) is 3.49. The number of likely N-dealkylation sites (tertiary alicyclic amines) is 1. The Kier molecular flexibility index (Phi) is 4.88. The number of nitrogens with one attached hydrogen (secondary N) is 1. The summed E-state index contributed by atoms with van der Waals surface area (Å²) in [6.45, 7) is 4.35. The SMILES string of the molecule is CCc1oc(C(=O)NC[C@@H]2CC(=O)N(C)[C@H]2c2ccncc2)cc1C. The Labute approximate surface area is 147 Å². The van der Waals surface area contributed by atoms with Crippen LogP contribution in [0, 0.1) is 12.8 Å². The summed E-state index contributed by atoms with van der Waals surface area (Å²) in [6.07, 6.45) is 4.62. The van der Waals surface area contributed by atoms with Crippen molar-refractivity contribution >= 4 is 11.8 Å². The lowest BCUT2D eigenvalue weighted by Crippen LogP contribution is -2.32. The van der Waals surface area contributed by atoms with Gasteiger partial charge in [-0.05, 0) is 36.2 Å². The first-order valence-corrected chi connectivity index (χ1v) is 8.54. The van der Waals surface area contributed by atoms with Crippen molar-refractivity contribution in [3.8, 4) is 0 Å². The van der Waals surface area contributed by atoms with E-state index in [0.717, 1.165) is 23.3 Å². The Hall–Kier alpha value is -2.63. The number of nitrogens with zero attached hydrogens (tertiary/aromatic N) is 2. The highest BCUT2D eigenvalue weighted by Crippen LogP contribution is 2.36. The minimum atomic E-state index is -0.238. The molecule has 0 bridgehead atoms. The average molecular weight is 341 g/mol. The molecule has 0 aromatic carbocycles. The van der Waals surface area contributed by atoms with Crippen molar-refractivity contribution in [2.75, 3.05) is 13.6 Å². The molecular formula is C19H23N3O3. The van der Waals surface area contributed by atoms with Crippen LogP contribution in [0.2, 0.25) is 0 Å². The molecule has 0 unspecified atom stereocenters. The number of rotatable bonds is 5. The first-order valence-electron chi connectivity index (χ1n) is 8.54. The minimum Gasteiger partial charge on any atom is -0.456 e. The molecule has 0 aliphatic carbocycles. The van der Waals surface area contributed by atoms with Crippen LogP contribution in [0.3, 0.4) is 0 Å². The normalized spacial score (nSPS) is 20.1. The van der Waals surface area contributed by atoms with Gasteiger partial charge < -0.3 is 14.6 Å². The predicted molar refractivity (Wildman–Crippen MR) is 93.0 cm³/mol. The summed E-state index contributed by atoms with van der Waals surface area (Å²) < 4.78 is 5.60. The Bertz CT molecular complexity index is 769. The lowest BCUT2D eigenvalue weighted by molar-refractivity contribution is -0.127. The topological polar surface area (TPSA) is 75.4 Å². The fraction of sp³-hybridized carbons (Fsp3) is 0.421. The molecule has 3 heterocycles. The number of hydrogen-bond acceptors (Lipinski definition) is 4. The van der Waals surface area contributed by atoms with Gasteiger partial charge in [0.25, 0.3) is 5.91 Å². The zero-order chi connectivity index (χ0) is 18.0. The van der Waals surface area contributed by atoms with Gasteiger partial charge in [-0.1, -0.05) is 6.92 Å². The number of amides is 2. The first-order chi connectivity index (χ1) is 12.0. The van der Waals surface area contributed by atoms with E-state index >= 15 is 0 Å². The molecule has 6 nitrogen and oxygen atoms in total. The second-order valence-corrected chi connectivity index (χ2v) is 6.47. The number of hydrogen-bond donors (Lipinski definition) is 1. The van der Waals surface area contributed by atoms with Crippen molar-refractivity contribution in [1.29, 1.82) is 0 Å². The summed E-state index contributed by atoms with van der Waals surface area (Å²) >= 11 is 0. The average Bonchev–Trinajstić information content (AvgIpc) is 3.13. The number of carbonyl (C=O) groups is 2. The van der Waals surface area contributed by atoms with Gasteiger partial charge in [0.15, 0.2) is 5.76 Å². The van der Waals surface area contributed by atoms with Crippen molar-refractivity contribution in [1.82, 2.24) is 15.2 Å². The van der Waals surface area contributed by atoms with E-state index < -0.39 is 0 Å². The molecule has 25 heavy (non-hydrogen) atoms. The summed E-state index contributed by atoms with van der Waals surface area (Å²) in [5.74, 6) is 1.02. The van der Waals surface area contributed by atoms with Gasteiger partial charge in [-0.25, -0.2) is 0 Å². The molecule has 2 amide bonds. The van der Waals surface area contributed by atoms with Gasteiger partial charge in [-0.15, -0.1) is 0 Å². The van der Waals surface area contributed by atoms with Crippen LogP contribution in [0.5, 0.6) is 0 Å². The summed E-state index contributed by atoms with van der Waals surface area (Å²) in [5, 5.41) is 2.92. The van der Waals surface area contributed by atoms with Crippen molar-refractivity contribution in [3.63, 3.8) is 0 Å². The number of furan rings is 1. The van der Waals surface area contributed by atoms with Crippen LogP contribution in [0.25, 0.3) is 0 Å². The van der Waals surface area contributed by atoms with E-state index in [2.05, 4.69) is 10.3 Å². The molecule has 1 aliphatic rings. The van der Waals surface area contributed by atoms with Gasteiger partial charge >= 0.3 is 0 Å². The van der Waals surface area contributed by atoms with E-state index in [4.69, 9.17) is 4.42 Å². The van der Waals surface area contributed by atoms with E-state index in [1.54, 1.807) is 30.4 Å². The maximum absolute atomic E-state index is 12.4. The summed E-state index contributed by atoms with van der Waals surface area (Å²) in [6, 6.07) is 5.54. The van der Waals surface area contributed by atoms with Crippen LogP contribution >= 0.6 is 0 Å². The second-order valence-electron chi connectivity index (χ2n) is 6.47. The van der Waals surface area contributed by atoms with E-state index in [0.29, 0.717) is 18.7 Å². The van der Waals surface area contributed by atoms with Crippen molar-refractivity contribution in [3.05, 3.63) is 53.2 Å². The summed E-state index contributed by atoms with van der Waals surface area (Å²) in [5.41, 5.74) is 2.02. The highest BCUT2D eigenvalue weighted by Gasteiger charge is 2.38. The van der Waals surface area contributed by atoms with Crippen molar-refractivity contribution < 1.29 is 14.0 Å². The first kappa shape index (κ1) is 17.2. The molecule has 3 rings (SSSR count). The number of carbonyl (C=O) groups excluding carboxylic acids is 2. The predicted octanol–water partition coefficient (Wildman–Crippen LogP) is 2.49. The van der Waals surface area contributed by atoms with Gasteiger partial charge in [0.1, 0.15) is 5.76 Å². The Balaban J connectivity index is 1.70. The third-order valence-electron chi connectivity index (χ3n) is 4.83. The number of pyridine rings is 1. The highest BCUT2D eigenvalue weighted by atomic mass is 16.4. The molecule has 1 fully saturated rings. The highest BCUT2D eigenvalue weighted by molar-refractivity contribution is 5.91. The molecule has 0 saturated carbocycles. The zero-order valence-corrected chi connectivity index (χ0v) is 14.8. The van der Waals surface area contributed by atoms with E-state index in [1.165, 1.54) is 0 Å². The van der Waals surface area contributed by atoms with Gasteiger partial charge in [-0.3, -0.25) is 14.6 Å². The zero-order valence-electron chi connectivity index (χ0n) is 14.8. The molecule has 0 spiro atoms. The van der Waals surface area contributed by atoms with Crippen LogP contribution in [0.4, 0.5) is 0 Å². The maximum atomic E-state index is 12.4. The molecule has 1 N–H and O–H groups in total. The van der Waals surface area contributed by atoms with Crippen molar-refractivity contribution in [2.24, 2.45) is 5.92 Å². The van der Waals surface area contributed by atoms with Gasteiger partial charge in [0.05, 0.1) is 6.04 Å². The van der Waals surface area contributed by atoms with Crippen LogP contribution < -0.4 is 5.32 Å². The smallest absolute Gasteiger partial charge is 0.287 e. The summed E-state index contributed by atoms with van der Waals surface area (Å²) in [4.78, 5) is 30.3. The molecule has 132 valence electrons. The molecule has 2 aromatic heterocycles. The lowest BCUT2D eigenvalue weighted by Gasteiger charge is -2.25. The van der Waals surface area contributed by atoms with Crippen LogP contribution in [0.1, 0.15) is 46.8 Å². The third kappa shape index (κ3) is 3.43. The lowest BCUT2D eigenvalue weighted by atomic mass is 9.94. The quantitative estimate of drug-likeness (QED) is 0.906. The largest absolute Gasteiger partial charge is 0.456 e. The summed E-state index contributed by atoms with van der Waals surface area (Å²) in [7, 11) is 1.80. The molecule has 1 saturated heterocycles. The Morgan fingerprint density at radius 2 is 2.12 bits per heavy atom. The van der Waals surface area contributed by atoms with Crippen LogP contribution in [-0.2, 0) is 11.2 Å². The Morgan fingerprint density at radius 1 is 1.40 bits per heavy atom. The molecular weight excluding hydrogens is 318 g/mol. The molecule has 6 heteroatoms. The molecule has 2 aromatic rings. The van der Waals surface area contributed by atoms with Gasteiger partial charge in [0, 0.05) is 44.7 Å². The number of aromatic nitrogens is 1. The van der Waals surface area contributed by atoms with Crippen LogP contribution in [-0.4, -0.2) is 35.3 Å². The number of aryl methyl sites for hydroxylation is 2.